The van der Waals surface area contributed by atoms with E-state index in [-0.39, 0.29) is 38.7 Å². The fraction of sp³-hybridized carbons (Fsp3) is 0.815. The van der Waals surface area contributed by atoms with Gasteiger partial charge in [-0.3, -0.25) is 24.0 Å². The molecular formula is C27H46O11. The Morgan fingerprint density at radius 1 is 0.684 bits per heavy atom. The van der Waals surface area contributed by atoms with Crippen molar-refractivity contribution in [1.29, 1.82) is 0 Å². The fourth-order valence-corrected chi connectivity index (χ4v) is 3.53. The van der Waals surface area contributed by atoms with E-state index in [1.807, 2.05) is 6.92 Å². The molecule has 0 radical (unpaired) electrons. The van der Waals surface area contributed by atoms with Gasteiger partial charge in [-0.1, -0.05) is 52.9 Å². The van der Waals surface area contributed by atoms with Crippen LogP contribution in [0.5, 0.6) is 0 Å². The molecule has 38 heavy (non-hydrogen) atoms. The van der Waals surface area contributed by atoms with E-state index in [1.165, 1.54) is 6.92 Å². The van der Waals surface area contributed by atoms with Gasteiger partial charge < -0.3 is 29.2 Å². The van der Waals surface area contributed by atoms with Crippen LogP contribution in [0.1, 0.15) is 111 Å². The van der Waals surface area contributed by atoms with Crippen molar-refractivity contribution >= 4 is 29.8 Å². The minimum atomic E-state index is -1.09. The fourth-order valence-electron chi connectivity index (χ4n) is 3.53. The monoisotopic (exact) mass is 546 g/mol. The lowest BCUT2D eigenvalue weighted by Crippen LogP contribution is -2.29. The molecule has 0 aliphatic heterocycles. The second kappa shape index (κ2) is 21.3. The number of esters is 4. The van der Waals surface area contributed by atoms with Gasteiger partial charge in [0.25, 0.3) is 0 Å². The average Bonchev–Trinajstić information content (AvgIpc) is 2.81. The van der Waals surface area contributed by atoms with Crippen molar-refractivity contribution in [2.45, 2.75) is 136 Å². The highest BCUT2D eigenvalue weighted by atomic mass is 16.6. The molecule has 0 aliphatic carbocycles. The number of carboxylic acids is 1. The number of ether oxygens (including phenoxy) is 4. The highest BCUT2D eigenvalue weighted by molar-refractivity contribution is 5.75. The SMILES string of the molecule is CCCCCC(O)CC(=O)OC(CCCC)CC(=O)OC(CC)CC(=O)OC(C)CC(=O)OCCC(=O)O. The van der Waals surface area contributed by atoms with Gasteiger partial charge in [-0.25, -0.2) is 0 Å². The summed E-state index contributed by atoms with van der Waals surface area (Å²) in [6.45, 7) is 7.00. The van der Waals surface area contributed by atoms with Crippen LogP contribution in [0.4, 0.5) is 0 Å². The summed E-state index contributed by atoms with van der Waals surface area (Å²) >= 11 is 0. The van der Waals surface area contributed by atoms with Gasteiger partial charge in [0.2, 0.25) is 0 Å². The number of unbranched alkanes of at least 4 members (excludes halogenated alkanes) is 3. The summed E-state index contributed by atoms with van der Waals surface area (Å²) in [5.74, 6) is -3.62. The van der Waals surface area contributed by atoms with Crippen LogP contribution in [0.2, 0.25) is 0 Å². The molecule has 220 valence electrons. The zero-order valence-corrected chi connectivity index (χ0v) is 23.3. The number of carbonyl (C=O) groups excluding carboxylic acids is 4. The third-order valence-electron chi connectivity index (χ3n) is 5.63. The van der Waals surface area contributed by atoms with E-state index < -0.39 is 54.3 Å². The Morgan fingerprint density at radius 3 is 1.87 bits per heavy atom. The number of rotatable bonds is 22. The number of aliphatic hydroxyl groups is 1. The lowest BCUT2D eigenvalue weighted by atomic mass is 10.1. The Balaban J connectivity index is 4.65. The van der Waals surface area contributed by atoms with Gasteiger partial charge in [0, 0.05) is 0 Å². The third-order valence-corrected chi connectivity index (χ3v) is 5.63. The maximum atomic E-state index is 12.5. The Labute approximate surface area is 225 Å². The molecule has 4 atom stereocenters. The molecule has 0 rings (SSSR count). The van der Waals surface area contributed by atoms with Crippen LogP contribution in [0.3, 0.4) is 0 Å². The van der Waals surface area contributed by atoms with Crippen molar-refractivity contribution in [2.75, 3.05) is 6.61 Å². The molecule has 0 spiro atoms. The molecular weight excluding hydrogens is 500 g/mol. The van der Waals surface area contributed by atoms with Crippen molar-refractivity contribution in [3.63, 3.8) is 0 Å². The Kier molecular flexibility index (Phi) is 19.8. The second-order valence-corrected chi connectivity index (χ2v) is 9.41. The maximum absolute atomic E-state index is 12.5. The molecule has 11 nitrogen and oxygen atoms in total. The molecule has 0 aliphatic rings. The second-order valence-electron chi connectivity index (χ2n) is 9.41. The molecule has 0 fully saturated rings. The topological polar surface area (TPSA) is 163 Å². The first-order valence-corrected chi connectivity index (χ1v) is 13.6. The van der Waals surface area contributed by atoms with E-state index in [9.17, 15) is 29.1 Å². The number of carbonyl (C=O) groups is 5. The number of aliphatic hydroxyl groups excluding tert-OH is 1. The van der Waals surface area contributed by atoms with Crippen molar-refractivity contribution in [1.82, 2.24) is 0 Å². The third kappa shape index (κ3) is 19.4. The van der Waals surface area contributed by atoms with E-state index in [0.29, 0.717) is 19.3 Å². The van der Waals surface area contributed by atoms with Gasteiger partial charge in [0.1, 0.15) is 24.9 Å². The minimum absolute atomic E-state index is 0.129. The van der Waals surface area contributed by atoms with E-state index in [2.05, 4.69) is 6.92 Å². The smallest absolute Gasteiger partial charge is 0.309 e. The summed E-state index contributed by atoms with van der Waals surface area (Å²) < 4.78 is 20.8. The van der Waals surface area contributed by atoms with Gasteiger partial charge >= 0.3 is 29.8 Å². The van der Waals surface area contributed by atoms with Gasteiger partial charge in [0.05, 0.1) is 38.2 Å². The molecule has 4 unspecified atom stereocenters. The zero-order valence-electron chi connectivity index (χ0n) is 23.3. The van der Waals surface area contributed by atoms with Crippen LogP contribution in [0.15, 0.2) is 0 Å². The van der Waals surface area contributed by atoms with Crippen LogP contribution in [0, 0.1) is 0 Å². The Morgan fingerprint density at radius 2 is 1.26 bits per heavy atom. The minimum Gasteiger partial charge on any atom is -0.481 e. The highest BCUT2D eigenvalue weighted by Gasteiger charge is 2.25. The van der Waals surface area contributed by atoms with Crippen molar-refractivity contribution in [3.8, 4) is 0 Å². The van der Waals surface area contributed by atoms with Crippen LogP contribution in [-0.4, -0.2) is 71.1 Å². The van der Waals surface area contributed by atoms with Gasteiger partial charge in [0.15, 0.2) is 0 Å². The lowest BCUT2D eigenvalue weighted by molar-refractivity contribution is -0.162. The maximum Gasteiger partial charge on any atom is 0.309 e. The number of hydrogen-bond donors (Lipinski definition) is 2. The quantitative estimate of drug-likeness (QED) is 0.115. The van der Waals surface area contributed by atoms with Crippen LogP contribution >= 0.6 is 0 Å². The van der Waals surface area contributed by atoms with Crippen LogP contribution in [0.25, 0.3) is 0 Å². The van der Waals surface area contributed by atoms with E-state index in [0.717, 1.165) is 32.1 Å². The summed E-state index contributed by atoms with van der Waals surface area (Å²) in [5.41, 5.74) is 0. The first-order valence-electron chi connectivity index (χ1n) is 13.6. The summed E-state index contributed by atoms with van der Waals surface area (Å²) in [7, 11) is 0. The number of carboxylic acid groups (broad SMARTS) is 1. The number of hydrogen-bond acceptors (Lipinski definition) is 10. The molecule has 0 aromatic rings. The molecule has 0 amide bonds. The average molecular weight is 547 g/mol. The standard InChI is InChI=1S/C27H46O11/c1-5-8-10-11-20(28)16-25(32)38-22(12-9-6-2)18-27(34)37-21(7-3)17-26(33)36-19(4)15-24(31)35-14-13-23(29)30/h19-22,28H,5-18H2,1-4H3,(H,29,30). The predicted octanol–water partition coefficient (Wildman–Crippen LogP) is 3.86. The van der Waals surface area contributed by atoms with Gasteiger partial charge in [-0.2, -0.15) is 0 Å². The number of aliphatic carboxylic acids is 1. The molecule has 11 heteroatoms. The molecule has 0 saturated carbocycles. The van der Waals surface area contributed by atoms with Crippen LogP contribution < -0.4 is 0 Å². The van der Waals surface area contributed by atoms with Crippen molar-refractivity contribution in [3.05, 3.63) is 0 Å². The van der Waals surface area contributed by atoms with Gasteiger partial charge in [-0.05, 0) is 26.2 Å². The Hall–Kier alpha value is -2.69. The molecule has 0 bridgehead atoms. The summed E-state index contributed by atoms with van der Waals surface area (Å²) in [5, 5.41) is 18.6. The summed E-state index contributed by atoms with van der Waals surface area (Å²) in [6, 6.07) is 0. The van der Waals surface area contributed by atoms with E-state index >= 15 is 0 Å². The van der Waals surface area contributed by atoms with Crippen molar-refractivity contribution in [2.24, 2.45) is 0 Å². The molecule has 2 N–H and O–H groups in total. The molecule has 0 aromatic carbocycles. The summed E-state index contributed by atoms with van der Waals surface area (Å²) in [6.07, 6.45) is 1.64. The lowest BCUT2D eigenvalue weighted by Gasteiger charge is -2.21. The zero-order chi connectivity index (χ0) is 28.9. The molecule has 0 heterocycles. The molecule has 0 aromatic heterocycles. The van der Waals surface area contributed by atoms with Crippen LogP contribution in [-0.2, 0) is 42.9 Å². The first-order chi connectivity index (χ1) is 18.0. The normalized spacial score (nSPS) is 14.0. The largest absolute Gasteiger partial charge is 0.481 e. The van der Waals surface area contributed by atoms with E-state index in [1.54, 1.807) is 6.92 Å². The van der Waals surface area contributed by atoms with E-state index in [4.69, 9.17) is 24.1 Å². The predicted molar refractivity (Wildman–Crippen MR) is 137 cm³/mol. The van der Waals surface area contributed by atoms with Crippen molar-refractivity contribution < 1.29 is 53.1 Å². The first kappa shape index (κ1) is 35.3. The van der Waals surface area contributed by atoms with Gasteiger partial charge in [-0.15, -0.1) is 0 Å². The molecule has 0 saturated heterocycles. The highest BCUT2D eigenvalue weighted by Crippen LogP contribution is 2.16. The summed E-state index contributed by atoms with van der Waals surface area (Å²) in [4.78, 5) is 59.2. The Bertz CT molecular complexity index is 722.